The molecule has 1 unspecified atom stereocenters. The fraction of sp³-hybridized carbons (Fsp3) is 0.500. The van der Waals surface area contributed by atoms with Crippen molar-refractivity contribution in [3.05, 3.63) is 29.8 Å². The van der Waals surface area contributed by atoms with Crippen LogP contribution in [0.1, 0.15) is 25.8 Å². The summed E-state index contributed by atoms with van der Waals surface area (Å²) in [6.45, 7) is 4.52. The molecule has 20 heavy (non-hydrogen) atoms. The molecule has 0 radical (unpaired) electrons. The Kier molecular flexibility index (Phi) is 5.30. The lowest BCUT2D eigenvalue weighted by molar-refractivity contribution is -0.142. The average molecular weight is 299 g/mol. The van der Waals surface area contributed by atoms with E-state index in [1.165, 1.54) is 13.4 Å². The lowest BCUT2D eigenvalue weighted by atomic mass is 9.88. The van der Waals surface area contributed by atoms with Gasteiger partial charge in [-0.2, -0.15) is 0 Å². The van der Waals surface area contributed by atoms with Crippen LogP contribution >= 0.6 is 0 Å². The third-order valence-corrected chi connectivity index (χ3v) is 4.34. The van der Waals surface area contributed by atoms with E-state index in [0.717, 1.165) is 5.56 Å². The van der Waals surface area contributed by atoms with E-state index in [2.05, 4.69) is 5.32 Å². The molecule has 0 amide bonds. The molecule has 0 aliphatic rings. The summed E-state index contributed by atoms with van der Waals surface area (Å²) >= 11 is 0. The molecule has 0 aromatic heterocycles. The topological polar surface area (TPSA) is 72.5 Å². The molecule has 0 bridgehead atoms. The lowest BCUT2D eigenvalue weighted by Crippen LogP contribution is -2.41. The molecular formula is C14H21NO4S. The van der Waals surface area contributed by atoms with Crippen LogP contribution in [0.15, 0.2) is 29.2 Å². The smallest absolute Gasteiger partial charge is 0.307 e. The summed E-state index contributed by atoms with van der Waals surface area (Å²) in [6, 6.07) is 6.55. The summed E-state index contributed by atoms with van der Waals surface area (Å²) in [5.41, 5.74) is 0.259. The summed E-state index contributed by atoms with van der Waals surface area (Å²) in [5.74, 6) is -0.319. The Morgan fingerprint density at radius 3 is 2.25 bits per heavy atom. The molecule has 0 saturated carbocycles. The molecule has 112 valence electrons. The highest BCUT2D eigenvalue weighted by atomic mass is 32.2. The highest BCUT2D eigenvalue weighted by molar-refractivity contribution is 7.90. The predicted molar refractivity (Wildman–Crippen MR) is 77.2 cm³/mol. The highest BCUT2D eigenvalue weighted by Crippen LogP contribution is 2.26. The summed E-state index contributed by atoms with van der Waals surface area (Å²) in [5, 5.41) is 3.25. The Morgan fingerprint density at radius 1 is 1.30 bits per heavy atom. The number of rotatable bonds is 6. The van der Waals surface area contributed by atoms with Gasteiger partial charge in [-0.25, -0.2) is 8.42 Å². The Balaban J connectivity index is 3.12. The van der Waals surface area contributed by atoms with Gasteiger partial charge in [0, 0.05) is 6.26 Å². The average Bonchev–Trinajstić information content (AvgIpc) is 2.38. The van der Waals surface area contributed by atoms with Crippen LogP contribution in [0.25, 0.3) is 0 Å². The van der Waals surface area contributed by atoms with Crippen LogP contribution in [0.5, 0.6) is 0 Å². The minimum absolute atomic E-state index is 0.176. The number of hydrogen-bond acceptors (Lipinski definition) is 5. The van der Waals surface area contributed by atoms with E-state index < -0.39 is 15.4 Å². The number of methoxy groups -OCH3 is 1. The van der Waals surface area contributed by atoms with Gasteiger partial charge >= 0.3 is 5.97 Å². The third-order valence-electron chi connectivity index (χ3n) is 3.21. The molecule has 0 saturated heterocycles. The summed E-state index contributed by atoms with van der Waals surface area (Å²) < 4.78 is 27.6. The SMILES string of the molecule is CCNC(C)(CC(=O)OC)c1ccc(S(C)(=O)=O)cc1. The Morgan fingerprint density at radius 2 is 1.85 bits per heavy atom. The monoisotopic (exact) mass is 299 g/mol. The van der Waals surface area contributed by atoms with Crippen LogP contribution in [0.3, 0.4) is 0 Å². The number of benzene rings is 1. The maximum atomic E-state index is 11.5. The summed E-state index contributed by atoms with van der Waals surface area (Å²) in [6.07, 6.45) is 1.34. The molecule has 0 aliphatic heterocycles. The first-order valence-corrected chi connectivity index (χ1v) is 8.24. The molecule has 0 aliphatic carbocycles. The van der Waals surface area contributed by atoms with Crippen molar-refractivity contribution in [2.45, 2.75) is 30.7 Å². The molecule has 1 aromatic rings. The largest absolute Gasteiger partial charge is 0.469 e. The van der Waals surface area contributed by atoms with Gasteiger partial charge in [0.25, 0.3) is 0 Å². The zero-order valence-electron chi connectivity index (χ0n) is 12.3. The normalized spacial score (nSPS) is 14.6. The third kappa shape index (κ3) is 4.05. The molecular weight excluding hydrogens is 278 g/mol. The predicted octanol–water partition coefficient (Wildman–Crippen LogP) is 1.48. The van der Waals surface area contributed by atoms with E-state index in [9.17, 15) is 13.2 Å². The van der Waals surface area contributed by atoms with Crippen molar-refractivity contribution in [2.75, 3.05) is 19.9 Å². The van der Waals surface area contributed by atoms with E-state index in [-0.39, 0.29) is 17.3 Å². The van der Waals surface area contributed by atoms with Gasteiger partial charge in [0.15, 0.2) is 9.84 Å². The van der Waals surface area contributed by atoms with Crippen molar-refractivity contribution in [1.29, 1.82) is 0 Å². The van der Waals surface area contributed by atoms with Crippen molar-refractivity contribution >= 4 is 15.8 Å². The number of nitrogens with one attached hydrogen (secondary N) is 1. The Bertz CT molecular complexity index is 565. The van der Waals surface area contributed by atoms with Crippen molar-refractivity contribution in [3.8, 4) is 0 Å². The van der Waals surface area contributed by atoms with E-state index in [1.807, 2.05) is 13.8 Å². The fourth-order valence-electron chi connectivity index (χ4n) is 2.09. The molecule has 0 fully saturated rings. The molecule has 1 rings (SSSR count). The standard InChI is InChI=1S/C14H21NO4S/c1-5-15-14(2,10-13(16)19-3)11-6-8-12(9-7-11)20(4,17)18/h6-9,15H,5,10H2,1-4H3. The molecule has 1 N–H and O–H groups in total. The second-order valence-electron chi connectivity index (χ2n) is 4.91. The summed E-state index contributed by atoms with van der Waals surface area (Å²) in [7, 11) is -1.87. The van der Waals surface area contributed by atoms with Crippen molar-refractivity contribution in [1.82, 2.24) is 5.32 Å². The quantitative estimate of drug-likeness (QED) is 0.806. The first-order valence-electron chi connectivity index (χ1n) is 6.35. The maximum Gasteiger partial charge on any atom is 0.307 e. The van der Waals surface area contributed by atoms with Crippen LogP contribution in [0, 0.1) is 0 Å². The number of sulfone groups is 1. The van der Waals surface area contributed by atoms with Gasteiger partial charge in [0.1, 0.15) is 0 Å². The van der Waals surface area contributed by atoms with Crippen LogP contribution < -0.4 is 5.32 Å². The molecule has 1 atom stereocenters. The summed E-state index contributed by atoms with van der Waals surface area (Å²) in [4.78, 5) is 11.8. The Labute approximate surface area is 120 Å². The van der Waals surface area contributed by atoms with Gasteiger partial charge in [-0.1, -0.05) is 19.1 Å². The fourth-order valence-corrected chi connectivity index (χ4v) is 2.72. The van der Waals surface area contributed by atoms with Crippen molar-refractivity contribution < 1.29 is 17.9 Å². The minimum Gasteiger partial charge on any atom is -0.469 e. The Hall–Kier alpha value is -1.40. The number of carbonyl (C=O) groups excluding carboxylic acids is 1. The van der Waals surface area contributed by atoms with E-state index in [0.29, 0.717) is 6.54 Å². The van der Waals surface area contributed by atoms with Crippen molar-refractivity contribution in [2.24, 2.45) is 0 Å². The molecule has 6 heteroatoms. The minimum atomic E-state index is -3.22. The van der Waals surface area contributed by atoms with Crippen LogP contribution in [0.2, 0.25) is 0 Å². The van der Waals surface area contributed by atoms with Gasteiger partial charge in [-0.05, 0) is 31.2 Å². The van der Waals surface area contributed by atoms with Gasteiger partial charge in [-0.3, -0.25) is 4.79 Å². The highest BCUT2D eigenvalue weighted by Gasteiger charge is 2.29. The molecule has 5 nitrogen and oxygen atoms in total. The zero-order valence-corrected chi connectivity index (χ0v) is 13.1. The van der Waals surface area contributed by atoms with E-state index in [1.54, 1.807) is 24.3 Å². The number of hydrogen-bond donors (Lipinski definition) is 1. The van der Waals surface area contributed by atoms with Gasteiger partial charge in [0.2, 0.25) is 0 Å². The van der Waals surface area contributed by atoms with E-state index in [4.69, 9.17) is 4.74 Å². The van der Waals surface area contributed by atoms with Crippen LogP contribution in [-0.2, 0) is 24.9 Å². The first kappa shape index (κ1) is 16.7. The molecule has 1 aromatic carbocycles. The van der Waals surface area contributed by atoms with Crippen LogP contribution in [-0.4, -0.2) is 34.3 Å². The van der Waals surface area contributed by atoms with Gasteiger partial charge in [-0.15, -0.1) is 0 Å². The van der Waals surface area contributed by atoms with Crippen LogP contribution in [0.4, 0.5) is 0 Å². The number of esters is 1. The maximum absolute atomic E-state index is 11.5. The number of carbonyl (C=O) groups is 1. The van der Waals surface area contributed by atoms with E-state index >= 15 is 0 Å². The second-order valence-corrected chi connectivity index (χ2v) is 6.93. The van der Waals surface area contributed by atoms with Crippen molar-refractivity contribution in [3.63, 3.8) is 0 Å². The number of ether oxygens (including phenoxy) is 1. The van der Waals surface area contributed by atoms with Gasteiger partial charge < -0.3 is 10.1 Å². The zero-order chi connectivity index (χ0) is 15.4. The molecule has 0 heterocycles. The molecule has 0 spiro atoms. The lowest BCUT2D eigenvalue weighted by Gasteiger charge is -2.30. The second kappa shape index (κ2) is 6.37. The van der Waals surface area contributed by atoms with Gasteiger partial charge in [0.05, 0.1) is 24.0 Å². The first-order chi connectivity index (χ1) is 9.23.